The first-order valence-corrected chi connectivity index (χ1v) is 5.90. The number of rotatable bonds is 2. The van der Waals surface area contributed by atoms with Crippen LogP contribution in [0.3, 0.4) is 0 Å². The Hall–Kier alpha value is -2.62. The summed E-state index contributed by atoms with van der Waals surface area (Å²) in [5.41, 5.74) is 3.05. The summed E-state index contributed by atoms with van der Waals surface area (Å²) < 4.78 is 2.09. The van der Waals surface area contributed by atoms with Crippen LogP contribution in [0.5, 0.6) is 0 Å². The van der Waals surface area contributed by atoms with Crippen molar-refractivity contribution in [1.82, 2.24) is 9.55 Å². The molecule has 3 rings (SSSR count). The van der Waals surface area contributed by atoms with E-state index < -0.39 is 5.97 Å². The summed E-state index contributed by atoms with van der Waals surface area (Å²) in [4.78, 5) is 14.7. The van der Waals surface area contributed by atoms with Crippen molar-refractivity contribution in [3.63, 3.8) is 0 Å². The first-order chi connectivity index (χ1) is 9.16. The fourth-order valence-electron chi connectivity index (χ4n) is 2.34. The van der Waals surface area contributed by atoms with Crippen molar-refractivity contribution in [2.24, 2.45) is 7.05 Å². The van der Waals surface area contributed by atoms with Crippen LogP contribution in [0, 0.1) is 0 Å². The molecule has 0 aliphatic rings. The number of carbonyl (C=O) groups is 1. The van der Waals surface area contributed by atoms with Crippen molar-refractivity contribution in [2.75, 3.05) is 0 Å². The molecule has 0 unspecified atom stereocenters. The molecule has 94 valence electrons. The Kier molecular flexibility index (Phi) is 2.56. The summed E-state index contributed by atoms with van der Waals surface area (Å²) in [5.74, 6) is -0.943. The molecule has 0 amide bonds. The molecule has 0 saturated carbocycles. The number of carboxylic acids is 1. The van der Waals surface area contributed by atoms with Gasteiger partial charge in [-0.3, -0.25) is 4.98 Å². The molecule has 2 aromatic heterocycles. The highest BCUT2D eigenvalue weighted by Gasteiger charge is 2.07. The van der Waals surface area contributed by atoms with E-state index in [1.807, 2.05) is 37.5 Å². The molecule has 4 nitrogen and oxygen atoms in total. The third kappa shape index (κ3) is 1.87. The molecule has 2 heterocycles. The van der Waals surface area contributed by atoms with Gasteiger partial charge in [-0.05, 0) is 23.8 Å². The Balaban J connectivity index is 2.26. The van der Waals surface area contributed by atoms with E-state index in [4.69, 9.17) is 5.11 Å². The molecule has 1 N–H and O–H groups in total. The minimum atomic E-state index is -0.943. The fraction of sp³-hybridized carbons (Fsp3) is 0.0667. The highest BCUT2D eigenvalue weighted by molar-refractivity contribution is 6.08. The fourth-order valence-corrected chi connectivity index (χ4v) is 2.34. The van der Waals surface area contributed by atoms with Crippen LogP contribution >= 0.6 is 0 Å². The van der Waals surface area contributed by atoms with Crippen molar-refractivity contribution in [1.29, 1.82) is 0 Å². The van der Waals surface area contributed by atoms with E-state index in [9.17, 15) is 4.79 Å². The average Bonchev–Trinajstić information content (AvgIpc) is 2.71. The zero-order chi connectivity index (χ0) is 13.4. The average molecular weight is 252 g/mol. The maximum absolute atomic E-state index is 10.5. The molecular weight excluding hydrogens is 240 g/mol. The van der Waals surface area contributed by atoms with Gasteiger partial charge in [0.15, 0.2) is 0 Å². The third-order valence-corrected chi connectivity index (χ3v) is 3.25. The normalized spacial score (nSPS) is 11.6. The van der Waals surface area contributed by atoms with E-state index in [2.05, 4.69) is 9.55 Å². The molecule has 0 atom stereocenters. The van der Waals surface area contributed by atoms with Crippen molar-refractivity contribution in [3.05, 3.63) is 48.3 Å². The van der Waals surface area contributed by atoms with Crippen LogP contribution in [-0.2, 0) is 11.8 Å². The number of hydrogen-bond donors (Lipinski definition) is 1. The van der Waals surface area contributed by atoms with Crippen LogP contribution in [0.4, 0.5) is 0 Å². The van der Waals surface area contributed by atoms with Crippen molar-refractivity contribution >= 4 is 33.9 Å². The van der Waals surface area contributed by atoms with E-state index in [1.54, 1.807) is 12.3 Å². The topological polar surface area (TPSA) is 55.1 Å². The number of aromatic nitrogens is 2. The second-order valence-electron chi connectivity index (χ2n) is 4.40. The monoisotopic (exact) mass is 252 g/mol. The summed E-state index contributed by atoms with van der Waals surface area (Å²) in [6.45, 7) is 0. The van der Waals surface area contributed by atoms with Gasteiger partial charge in [-0.1, -0.05) is 12.1 Å². The van der Waals surface area contributed by atoms with E-state index in [1.165, 1.54) is 0 Å². The Morgan fingerprint density at radius 1 is 1.26 bits per heavy atom. The molecule has 1 aromatic carbocycles. The van der Waals surface area contributed by atoms with Gasteiger partial charge in [-0.15, -0.1) is 0 Å². The van der Waals surface area contributed by atoms with Crippen LogP contribution in [-0.4, -0.2) is 20.6 Å². The highest BCUT2D eigenvalue weighted by atomic mass is 16.4. The number of nitrogens with zero attached hydrogens (tertiary/aromatic N) is 2. The summed E-state index contributed by atoms with van der Waals surface area (Å²) in [6.07, 6.45) is 6.36. The maximum atomic E-state index is 10.5. The van der Waals surface area contributed by atoms with Gasteiger partial charge in [0.05, 0.1) is 5.52 Å². The number of fused-ring (bicyclic) bond motifs is 3. The minimum absolute atomic E-state index is 0.869. The Bertz CT molecular complexity index is 815. The van der Waals surface area contributed by atoms with Crippen LogP contribution in [0.1, 0.15) is 5.56 Å². The molecule has 0 saturated heterocycles. The van der Waals surface area contributed by atoms with Crippen LogP contribution in [0.15, 0.2) is 42.7 Å². The lowest BCUT2D eigenvalue weighted by Crippen LogP contribution is -1.88. The van der Waals surface area contributed by atoms with Gasteiger partial charge in [0.1, 0.15) is 0 Å². The number of hydrogen-bond acceptors (Lipinski definition) is 2. The Labute approximate surface area is 109 Å². The second-order valence-corrected chi connectivity index (χ2v) is 4.40. The highest BCUT2D eigenvalue weighted by Crippen LogP contribution is 2.28. The molecule has 0 aliphatic carbocycles. The second kappa shape index (κ2) is 4.24. The van der Waals surface area contributed by atoms with Crippen LogP contribution in [0.25, 0.3) is 27.9 Å². The zero-order valence-corrected chi connectivity index (χ0v) is 10.4. The smallest absolute Gasteiger partial charge is 0.328 e. The van der Waals surface area contributed by atoms with E-state index >= 15 is 0 Å². The van der Waals surface area contributed by atoms with Crippen molar-refractivity contribution in [2.45, 2.75) is 0 Å². The molecule has 0 fully saturated rings. The lowest BCUT2D eigenvalue weighted by atomic mass is 10.1. The first-order valence-electron chi connectivity index (χ1n) is 5.90. The molecule has 0 bridgehead atoms. The molecule has 0 spiro atoms. The van der Waals surface area contributed by atoms with Gasteiger partial charge in [-0.25, -0.2) is 4.79 Å². The van der Waals surface area contributed by atoms with Gasteiger partial charge >= 0.3 is 5.97 Å². The standard InChI is InChI=1S/C15H12N2O2/c1-17-13-6-7-16-9-12(13)11-4-2-10(8-14(11)17)3-5-15(18)19/h2-9H,1H3,(H,18,19)/b5-3+. The number of carboxylic acid groups (broad SMARTS) is 1. The first kappa shape index (κ1) is 11.5. The number of pyridine rings is 1. The number of aliphatic carboxylic acids is 1. The summed E-state index contributed by atoms with van der Waals surface area (Å²) >= 11 is 0. The maximum Gasteiger partial charge on any atom is 0.328 e. The van der Waals surface area contributed by atoms with Gasteiger partial charge in [0.25, 0.3) is 0 Å². The molecule has 0 radical (unpaired) electrons. The predicted molar refractivity (Wildman–Crippen MR) is 74.9 cm³/mol. The zero-order valence-electron chi connectivity index (χ0n) is 10.4. The van der Waals surface area contributed by atoms with Crippen LogP contribution in [0.2, 0.25) is 0 Å². The SMILES string of the molecule is Cn1c2ccncc2c2ccc(/C=C/C(=O)O)cc21. The quantitative estimate of drug-likeness (QED) is 0.713. The predicted octanol–water partition coefficient (Wildman–Crippen LogP) is 2.82. The molecule has 4 heteroatoms. The van der Waals surface area contributed by atoms with Gasteiger partial charge in [0.2, 0.25) is 0 Å². The molecule has 3 aromatic rings. The van der Waals surface area contributed by atoms with Gasteiger partial charge in [-0.2, -0.15) is 0 Å². The molecule has 19 heavy (non-hydrogen) atoms. The molecular formula is C15H12N2O2. The third-order valence-electron chi connectivity index (χ3n) is 3.25. The summed E-state index contributed by atoms with van der Waals surface area (Å²) in [5, 5.41) is 10.9. The van der Waals surface area contributed by atoms with Gasteiger partial charge in [0, 0.05) is 41.8 Å². The number of aryl methyl sites for hydroxylation is 1. The Morgan fingerprint density at radius 2 is 2.11 bits per heavy atom. The Morgan fingerprint density at radius 3 is 2.89 bits per heavy atom. The van der Waals surface area contributed by atoms with Crippen molar-refractivity contribution < 1.29 is 9.90 Å². The number of benzene rings is 1. The van der Waals surface area contributed by atoms with Crippen LogP contribution < -0.4 is 0 Å². The molecule has 0 aliphatic heterocycles. The minimum Gasteiger partial charge on any atom is -0.478 e. The van der Waals surface area contributed by atoms with E-state index in [0.717, 1.165) is 33.4 Å². The summed E-state index contributed by atoms with van der Waals surface area (Å²) in [6, 6.07) is 7.87. The van der Waals surface area contributed by atoms with E-state index in [-0.39, 0.29) is 0 Å². The van der Waals surface area contributed by atoms with E-state index in [0.29, 0.717) is 0 Å². The van der Waals surface area contributed by atoms with Gasteiger partial charge < -0.3 is 9.67 Å². The largest absolute Gasteiger partial charge is 0.478 e. The summed E-state index contributed by atoms with van der Waals surface area (Å²) in [7, 11) is 2.00. The lowest BCUT2D eigenvalue weighted by molar-refractivity contribution is -0.131. The lowest BCUT2D eigenvalue weighted by Gasteiger charge is -1.98. The van der Waals surface area contributed by atoms with Crippen molar-refractivity contribution in [3.8, 4) is 0 Å².